The Balaban J connectivity index is 2.40. The Labute approximate surface area is 103 Å². The van der Waals surface area contributed by atoms with Gasteiger partial charge in [0.15, 0.2) is 11.0 Å². The standard InChI is InChI=1S/C11H15N5O2/c1-5(2)8(11(13)17)14-7-4-3-6(12)9-10(7)16-18-15-9/h3-5,8,14H,12H2,1-2H3,(H2,13,17). The number of anilines is 2. The molecule has 5 N–H and O–H groups in total. The van der Waals surface area contributed by atoms with Crippen LogP contribution in [0.25, 0.3) is 11.0 Å². The number of hydrogen-bond acceptors (Lipinski definition) is 6. The molecule has 0 bridgehead atoms. The normalized spacial score (nSPS) is 12.8. The minimum Gasteiger partial charge on any atom is -0.397 e. The number of carbonyl (C=O) groups is 1. The van der Waals surface area contributed by atoms with E-state index in [0.717, 1.165) is 0 Å². The molecule has 96 valence electrons. The highest BCUT2D eigenvalue weighted by molar-refractivity contribution is 5.96. The number of aromatic nitrogens is 2. The highest BCUT2D eigenvalue weighted by atomic mass is 16.6. The number of carbonyl (C=O) groups excluding carboxylic acids is 1. The first-order valence-electron chi connectivity index (χ1n) is 5.57. The van der Waals surface area contributed by atoms with Gasteiger partial charge in [-0.2, -0.15) is 0 Å². The van der Waals surface area contributed by atoms with E-state index < -0.39 is 11.9 Å². The zero-order valence-corrected chi connectivity index (χ0v) is 10.2. The van der Waals surface area contributed by atoms with Crippen LogP contribution in [-0.4, -0.2) is 22.3 Å². The number of nitrogens with zero attached hydrogens (tertiary/aromatic N) is 2. The Morgan fingerprint density at radius 2 is 2.00 bits per heavy atom. The third-order valence-electron chi connectivity index (χ3n) is 2.73. The molecule has 1 atom stereocenters. The van der Waals surface area contributed by atoms with Crippen LogP contribution >= 0.6 is 0 Å². The monoisotopic (exact) mass is 249 g/mol. The molecule has 1 aromatic carbocycles. The summed E-state index contributed by atoms with van der Waals surface area (Å²) in [6, 6.07) is 2.90. The van der Waals surface area contributed by atoms with Crippen LogP contribution in [0.5, 0.6) is 0 Å². The lowest BCUT2D eigenvalue weighted by molar-refractivity contribution is -0.119. The van der Waals surface area contributed by atoms with E-state index in [1.54, 1.807) is 12.1 Å². The molecule has 0 aliphatic heterocycles. The van der Waals surface area contributed by atoms with E-state index in [9.17, 15) is 4.79 Å². The van der Waals surface area contributed by atoms with Gasteiger partial charge >= 0.3 is 0 Å². The van der Waals surface area contributed by atoms with Crippen molar-refractivity contribution in [3.63, 3.8) is 0 Å². The second-order valence-electron chi connectivity index (χ2n) is 4.43. The van der Waals surface area contributed by atoms with E-state index in [1.165, 1.54) is 0 Å². The molecule has 18 heavy (non-hydrogen) atoms. The van der Waals surface area contributed by atoms with Crippen LogP contribution in [0.2, 0.25) is 0 Å². The average Bonchev–Trinajstić information content (AvgIpc) is 2.77. The number of benzene rings is 1. The van der Waals surface area contributed by atoms with Gasteiger partial charge in [0.1, 0.15) is 6.04 Å². The van der Waals surface area contributed by atoms with Crippen molar-refractivity contribution in [3.8, 4) is 0 Å². The predicted molar refractivity (Wildman–Crippen MR) is 67.7 cm³/mol. The fourth-order valence-corrected chi connectivity index (χ4v) is 1.74. The molecule has 7 heteroatoms. The fourth-order valence-electron chi connectivity index (χ4n) is 1.74. The third-order valence-corrected chi connectivity index (χ3v) is 2.73. The molecule has 0 aliphatic rings. The fraction of sp³-hybridized carbons (Fsp3) is 0.364. The van der Waals surface area contributed by atoms with Gasteiger partial charge in [-0.05, 0) is 28.4 Å². The Morgan fingerprint density at radius 3 is 2.61 bits per heavy atom. The maximum absolute atomic E-state index is 11.4. The topological polar surface area (TPSA) is 120 Å². The second-order valence-corrected chi connectivity index (χ2v) is 4.43. The van der Waals surface area contributed by atoms with Crippen molar-refractivity contribution in [2.24, 2.45) is 11.7 Å². The number of hydrogen-bond donors (Lipinski definition) is 3. The molecule has 0 aliphatic carbocycles. The lowest BCUT2D eigenvalue weighted by Crippen LogP contribution is -2.39. The van der Waals surface area contributed by atoms with Crippen LogP contribution in [-0.2, 0) is 4.79 Å². The smallest absolute Gasteiger partial charge is 0.240 e. The van der Waals surface area contributed by atoms with Crippen molar-refractivity contribution < 1.29 is 9.42 Å². The minimum absolute atomic E-state index is 0.0509. The quantitative estimate of drug-likeness (QED) is 0.687. The molecule has 1 heterocycles. The van der Waals surface area contributed by atoms with E-state index in [2.05, 4.69) is 20.3 Å². The van der Waals surface area contributed by atoms with Gasteiger partial charge in [-0.15, -0.1) is 0 Å². The lowest BCUT2D eigenvalue weighted by atomic mass is 10.0. The van der Waals surface area contributed by atoms with Crippen LogP contribution in [0.15, 0.2) is 16.8 Å². The summed E-state index contributed by atoms with van der Waals surface area (Å²) < 4.78 is 4.65. The van der Waals surface area contributed by atoms with Crippen LogP contribution in [0, 0.1) is 5.92 Å². The summed E-state index contributed by atoms with van der Waals surface area (Å²) in [5.41, 5.74) is 13.1. The second kappa shape index (κ2) is 4.52. The predicted octanol–water partition coefficient (Wildman–Crippen LogP) is 0.727. The number of rotatable bonds is 4. The largest absolute Gasteiger partial charge is 0.397 e. The number of nitrogen functional groups attached to an aromatic ring is 1. The van der Waals surface area contributed by atoms with Gasteiger partial charge in [0.05, 0.1) is 11.4 Å². The average molecular weight is 249 g/mol. The van der Waals surface area contributed by atoms with Crippen molar-refractivity contribution in [2.45, 2.75) is 19.9 Å². The summed E-state index contributed by atoms with van der Waals surface area (Å²) in [6.07, 6.45) is 0. The number of nitrogens with two attached hydrogens (primary N) is 2. The van der Waals surface area contributed by atoms with Gasteiger partial charge in [0.2, 0.25) is 5.91 Å². The van der Waals surface area contributed by atoms with Crippen molar-refractivity contribution in [2.75, 3.05) is 11.1 Å². The first-order chi connectivity index (χ1) is 8.50. The molecule has 0 radical (unpaired) electrons. The van der Waals surface area contributed by atoms with E-state index in [0.29, 0.717) is 22.4 Å². The van der Waals surface area contributed by atoms with Gasteiger partial charge in [0, 0.05) is 0 Å². The summed E-state index contributed by atoms with van der Waals surface area (Å²) in [6.45, 7) is 3.80. The van der Waals surface area contributed by atoms with Crippen molar-refractivity contribution in [3.05, 3.63) is 12.1 Å². The van der Waals surface area contributed by atoms with E-state index in [-0.39, 0.29) is 5.92 Å². The third kappa shape index (κ3) is 2.06. The molecule has 1 unspecified atom stereocenters. The molecular formula is C11H15N5O2. The van der Waals surface area contributed by atoms with Gasteiger partial charge in [0.25, 0.3) is 0 Å². The van der Waals surface area contributed by atoms with Crippen LogP contribution in [0.3, 0.4) is 0 Å². The molecule has 0 fully saturated rings. The maximum atomic E-state index is 11.4. The summed E-state index contributed by atoms with van der Waals surface area (Å²) in [7, 11) is 0. The van der Waals surface area contributed by atoms with Crippen LogP contribution in [0.1, 0.15) is 13.8 Å². The molecule has 0 spiro atoms. The summed E-state index contributed by atoms with van der Waals surface area (Å²) in [5, 5.41) is 10.5. The van der Waals surface area contributed by atoms with Crippen molar-refractivity contribution >= 4 is 28.3 Å². The Morgan fingerprint density at radius 1 is 1.33 bits per heavy atom. The molecule has 2 aromatic rings. The minimum atomic E-state index is -0.492. The zero-order valence-electron chi connectivity index (χ0n) is 10.2. The van der Waals surface area contributed by atoms with Gasteiger partial charge in [-0.1, -0.05) is 13.8 Å². The first-order valence-corrected chi connectivity index (χ1v) is 5.57. The van der Waals surface area contributed by atoms with E-state index in [1.807, 2.05) is 13.8 Å². The Bertz CT molecular complexity index is 578. The summed E-state index contributed by atoms with van der Waals surface area (Å²) in [4.78, 5) is 11.4. The SMILES string of the molecule is CC(C)C(Nc1ccc(N)c2nonc12)C(N)=O. The highest BCUT2D eigenvalue weighted by Gasteiger charge is 2.21. The number of nitrogens with one attached hydrogen (secondary N) is 1. The molecule has 0 saturated carbocycles. The Hall–Kier alpha value is -2.31. The number of primary amides is 1. The Kier molecular flexibility index (Phi) is 3.05. The number of fused-ring (bicyclic) bond motifs is 1. The maximum Gasteiger partial charge on any atom is 0.240 e. The van der Waals surface area contributed by atoms with E-state index in [4.69, 9.17) is 11.5 Å². The molecule has 1 amide bonds. The zero-order chi connectivity index (χ0) is 13.3. The molecule has 0 saturated heterocycles. The number of amides is 1. The summed E-state index contributed by atoms with van der Waals surface area (Å²) >= 11 is 0. The molecule has 7 nitrogen and oxygen atoms in total. The molecular weight excluding hydrogens is 234 g/mol. The van der Waals surface area contributed by atoms with Gasteiger partial charge < -0.3 is 16.8 Å². The summed E-state index contributed by atoms with van der Waals surface area (Å²) in [5.74, 6) is -0.374. The van der Waals surface area contributed by atoms with Crippen LogP contribution < -0.4 is 16.8 Å². The van der Waals surface area contributed by atoms with Gasteiger partial charge in [-0.25, -0.2) is 4.63 Å². The first kappa shape index (κ1) is 12.2. The molecule has 1 aromatic heterocycles. The highest BCUT2D eigenvalue weighted by Crippen LogP contribution is 2.26. The lowest BCUT2D eigenvalue weighted by Gasteiger charge is -2.20. The van der Waals surface area contributed by atoms with Crippen molar-refractivity contribution in [1.82, 2.24) is 10.3 Å². The van der Waals surface area contributed by atoms with E-state index >= 15 is 0 Å². The molecule has 2 rings (SSSR count). The van der Waals surface area contributed by atoms with Crippen molar-refractivity contribution in [1.29, 1.82) is 0 Å². The van der Waals surface area contributed by atoms with Crippen LogP contribution in [0.4, 0.5) is 11.4 Å². The van der Waals surface area contributed by atoms with Gasteiger partial charge in [-0.3, -0.25) is 4.79 Å².